The maximum atomic E-state index is 13.4. The van der Waals surface area contributed by atoms with Crippen LogP contribution in [-0.4, -0.2) is 36.5 Å². The zero-order valence-corrected chi connectivity index (χ0v) is 17.9. The number of thioether (sulfide) groups is 1. The van der Waals surface area contributed by atoms with Gasteiger partial charge in [-0.2, -0.15) is 8.78 Å². The molecular formula is C20H21ClF4N2OS. The molecule has 0 heterocycles. The highest BCUT2D eigenvalue weighted by molar-refractivity contribution is 8.00. The number of aryl methyl sites for hydroxylation is 2. The van der Waals surface area contributed by atoms with Crippen molar-refractivity contribution < 1.29 is 22.3 Å². The molecule has 0 saturated heterocycles. The van der Waals surface area contributed by atoms with Crippen LogP contribution in [0.2, 0.25) is 5.02 Å². The zero-order chi connectivity index (χ0) is 21.8. The number of ether oxygens (including phenoxy) is 1. The molecule has 9 heteroatoms. The number of benzene rings is 2. The fraction of sp³-hybridized carbons (Fsp3) is 0.350. The van der Waals surface area contributed by atoms with E-state index in [1.165, 1.54) is 18.2 Å². The largest absolute Gasteiger partial charge is 0.457 e. The van der Waals surface area contributed by atoms with E-state index in [2.05, 4.69) is 4.99 Å². The summed E-state index contributed by atoms with van der Waals surface area (Å²) in [6.45, 7) is 6.53. The van der Waals surface area contributed by atoms with E-state index in [4.69, 9.17) is 16.3 Å². The Balaban J connectivity index is 2.27. The third-order valence-corrected chi connectivity index (χ3v) is 5.47. The predicted molar refractivity (Wildman–Crippen MR) is 111 cm³/mol. The Morgan fingerprint density at radius 3 is 2.52 bits per heavy atom. The normalized spacial score (nSPS) is 12.1. The topological polar surface area (TPSA) is 24.8 Å². The number of nitrogens with zero attached hydrogens (tertiary/aromatic N) is 2. The highest BCUT2D eigenvalue weighted by atomic mass is 35.5. The van der Waals surface area contributed by atoms with Crippen molar-refractivity contribution in [2.24, 2.45) is 4.99 Å². The monoisotopic (exact) mass is 448 g/mol. The Labute approximate surface area is 176 Å². The first kappa shape index (κ1) is 23.3. The van der Waals surface area contributed by atoms with Crippen LogP contribution in [0.1, 0.15) is 18.1 Å². The quantitative estimate of drug-likeness (QED) is 0.183. The van der Waals surface area contributed by atoms with Crippen LogP contribution < -0.4 is 4.74 Å². The van der Waals surface area contributed by atoms with Crippen LogP contribution in [0.15, 0.2) is 40.2 Å². The molecule has 0 aromatic heterocycles. The Morgan fingerprint density at radius 1 is 1.21 bits per heavy atom. The fourth-order valence-electron chi connectivity index (χ4n) is 2.21. The summed E-state index contributed by atoms with van der Waals surface area (Å²) in [4.78, 5) is 6.18. The van der Waals surface area contributed by atoms with Crippen molar-refractivity contribution in [1.82, 2.24) is 4.90 Å². The van der Waals surface area contributed by atoms with Gasteiger partial charge in [0.25, 0.3) is 0 Å². The molecule has 0 spiro atoms. The van der Waals surface area contributed by atoms with Gasteiger partial charge < -0.3 is 9.64 Å². The van der Waals surface area contributed by atoms with Crippen molar-refractivity contribution in [3.8, 4) is 11.5 Å². The number of aliphatic imine (C=N–C) groups is 1. The minimum atomic E-state index is -4.25. The third kappa shape index (κ3) is 6.27. The molecule has 0 N–H and O–H groups in total. The van der Waals surface area contributed by atoms with Gasteiger partial charge in [-0.1, -0.05) is 11.6 Å². The lowest BCUT2D eigenvalue weighted by Crippen LogP contribution is -2.21. The Bertz CT molecular complexity index is 893. The highest BCUT2D eigenvalue weighted by Gasteiger charge is 2.42. The van der Waals surface area contributed by atoms with E-state index in [9.17, 15) is 17.6 Å². The number of hydrogen-bond acceptors (Lipinski definition) is 3. The lowest BCUT2D eigenvalue weighted by Gasteiger charge is -2.17. The first-order valence-corrected chi connectivity index (χ1v) is 9.91. The molecule has 2 aromatic carbocycles. The first-order valence-electron chi connectivity index (χ1n) is 8.71. The van der Waals surface area contributed by atoms with Gasteiger partial charge >= 0.3 is 11.7 Å². The molecule has 0 atom stereocenters. The molecule has 2 rings (SSSR count). The molecule has 0 aliphatic carbocycles. The van der Waals surface area contributed by atoms with Crippen molar-refractivity contribution in [2.75, 3.05) is 13.6 Å². The van der Waals surface area contributed by atoms with Crippen LogP contribution in [0.25, 0.3) is 0 Å². The van der Waals surface area contributed by atoms with Crippen LogP contribution in [-0.2, 0) is 0 Å². The van der Waals surface area contributed by atoms with Crippen LogP contribution in [0.4, 0.5) is 23.2 Å². The second-order valence-electron chi connectivity index (χ2n) is 6.38. The van der Waals surface area contributed by atoms with Crippen molar-refractivity contribution in [3.05, 3.63) is 46.5 Å². The molecular weight excluding hydrogens is 428 g/mol. The van der Waals surface area contributed by atoms with Crippen molar-refractivity contribution in [1.29, 1.82) is 0 Å². The van der Waals surface area contributed by atoms with Gasteiger partial charge in [0.05, 0.1) is 17.0 Å². The van der Waals surface area contributed by atoms with Crippen LogP contribution in [0.3, 0.4) is 0 Å². The number of alkyl halides is 4. The number of hydrogen-bond donors (Lipinski definition) is 0. The van der Waals surface area contributed by atoms with Gasteiger partial charge in [0.2, 0.25) is 0 Å². The standard InChI is InChI=1S/C20H21ClF4N2OS/c1-5-27(4)11-26-16-8-13(3)17(9-12(16)2)28-14-6-7-15(21)18(10-14)29-20(24,25)19(22)23/h6-11,19H,5H2,1-4H3. The lowest BCUT2D eigenvalue weighted by atomic mass is 10.1. The summed E-state index contributed by atoms with van der Waals surface area (Å²) in [6.07, 6.45) is -2.08. The molecule has 0 unspecified atom stereocenters. The summed E-state index contributed by atoms with van der Waals surface area (Å²) in [6, 6.07) is 7.68. The van der Waals surface area contributed by atoms with E-state index in [0.717, 1.165) is 23.4 Å². The van der Waals surface area contributed by atoms with E-state index in [-0.39, 0.29) is 27.4 Å². The Morgan fingerprint density at radius 2 is 1.90 bits per heavy atom. The fourth-order valence-corrected chi connectivity index (χ4v) is 3.17. The summed E-state index contributed by atoms with van der Waals surface area (Å²) < 4.78 is 57.5. The van der Waals surface area contributed by atoms with Gasteiger partial charge in [-0.25, -0.2) is 13.8 Å². The SMILES string of the molecule is CCN(C)C=Nc1cc(C)c(Oc2ccc(Cl)c(SC(F)(F)C(F)F)c2)cc1C. The van der Waals surface area contributed by atoms with Crippen LogP contribution in [0, 0.1) is 13.8 Å². The predicted octanol–water partition coefficient (Wildman–Crippen LogP) is 7.31. The number of halogens is 5. The second-order valence-corrected chi connectivity index (χ2v) is 7.98. The molecule has 0 amide bonds. The van der Waals surface area contributed by atoms with Crippen LogP contribution >= 0.6 is 23.4 Å². The Kier molecular flexibility index (Phi) is 7.82. The second kappa shape index (κ2) is 9.71. The van der Waals surface area contributed by atoms with E-state index >= 15 is 0 Å². The lowest BCUT2D eigenvalue weighted by molar-refractivity contribution is -0.0563. The Hall–Kier alpha value is -1.93. The van der Waals surface area contributed by atoms with Gasteiger partial charge in [0.15, 0.2) is 0 Å². The highest BCUT2D eigenvalue weighted by Crippen LogP contribution is 2.44. The van der Waals surface area contributed by atoms with Crippen molar-refractivity contribution >= 4 is 35.4 Å². The van der Waals surface area contributed by atoms with Gasteiger partial charge in [0, 0.05) is 18.5 Å². The van der Waals surface area contributed by atoms with Gasteiger partial charge in [-0.3, -0.25) is 0 Å². The molecule has 0 saturated carbocycles. The summed E-state index contributed by atoms with van der Waals surface area (Å²) in [7, 11) is 1.91. The maximum Gasteiger partial charge on any atom is 0.357 e. The van der Waals surface area contributed by atoms with Crippen molar-refractivity contribution in [2.45, 2.75) is 37.3 Å². The zero-order valence-electron chi connectivity index (χ0n) is 16.3. The molecule has 29 heavy (non-hydrogen) atoms. The summed E-state index contributed by atoms with van der Waals surface area (Å²) in [5.41, 5.74) is 2.42. The maximum absolute atomic E-state index is 13.4. The number of rotatable bonds is 8. The third-order valence-electron chi connectivity index (χ3n) is 4.02. The molecule has 0 fully saturated rings. The smallest absolute Gasteiger partial charge is 0.357 e. The van der Waals surface area contributed by atoms with Crippen molar-refractivity contribution in [3.63, 3.8) is 0 Å². The molecule has 0 bridgehead atoms. The molecule has 0 aliphatic rings. The molecule has 2 aromatic rings. The van der Waals surface area contributed by atoms with Gasteiger partial charge in [-0.15, -0.1) is 0 Å². The van der Waals surface area contributed by atoms with E-state index in [1.54, 1.807) is 12.4 Å². The molecule has 158 valence electrons. The minimum Gasteiger partial charge on any atom is -0.457 e. The summed E-state index contributed by atoms with van der Waals surface area (Å²) in [5, 5.41) is -4.31. The van der Waals surface area contributed by atoms with Crippen LogP contribution in [0.5, 0.6) is 11.5 Å². The van der Waals surface area contributed by atoms with E-state index < -0.39 is 11.7 Å². The van der Waals surface area contributed by atoms with Gasteiger partial charge in [-0.05, 0) is 74.0 Å². The first-order chi connectivity index (χ1) is 13.5. The summed E-state index contributed by atoms with van der Waals surface area (Å²) in [5.74, 6) is 0.718. The summed E-state index contributed by atoms with van der Waals surface area (Å²) >= 11 is 5.59. The van der Waals surface area contributed by atoms with E-state index in [1.807, 2.05) is 38.8 Å². The molecule has 0 radical (unpaired) electrons. The molecule has 0 aliphatic heterocycles. The van der Waals surface area contributed by atoms with E-state index in [0.29, 0.717) is 5.75 Å². The average Bonchev–Trinajstić information content (AvgIpc) is 2.65. The minimum absolute atomic E-state index is 0.0553. The molecule has 3 nitrogen and oxygen atoms in total. The van der Waals surface area contributed by atoms with Gasteiger partial charge in [0.1, 0.15) is 11.5 Å². The average molecular weight is 449 g/mol.